The zero-order chi connectivity index (χ0) is 13.9. The summed E-state index contributed by atoms with van der Waals surface area (Å²) in [5, 5.41) is 0. The molecule has 1 aliphatic rings. The van der Waals surface area contributed by atoms with E-state index in [2.05, 4.69) is 20.7 Å². The lowest BCUT2D eigenvalue weighted by atomic mass is 10.0. The lowest BCUT2D eigenvalue weighted by molar-refractivity contribution is -0.0120. The average molecular weight is 350 g/mol. The summed E-state index contributed by atoms with van der Waals surface area (Å²) in [7, 11) is -1.96. The molecule has 1 fully saturated rings. The summed E-state index contributed by atoms with van der Waals surface area (Å²) in [6, 6.07) is 6.58. The van der Waals surface area contributed by atoms with Crippen molar-refractivity contribution in [2.45, 2.75) is 16.9 Å². The monoisotopic (exact) mass is 349 g/mol. The maximum absolute atomic E-state index is 12.2. The molecule has 1 saturated heterocycles. The Hall–Kier alpha value is -0.470. The van der Waals surface area contributed by atoms with Gasteiger partial charge in [0, 0.05) is 31.2 Å². The number of benzene rings is 1. The van der Waals surface area contributed by atoms with Gasteiger partial charge >= 0.3 is 0 Å². The van der Waals surface area contributed by atoms with E-state index in [1.54, 1.807) is 31.4 Å². The van der Waals surface area contributed by atoms with Gasteiger partial charge in [0.15, 0.2) is 0 Å². The predicted octanol–water partition coefficient (Wildman–Crippen LogP) is 1.53. The largest absolute Gasteiger partial charge is 0.378 e. The maximum Gasteiger partial charge on any atom is 0.240 e. The molecule has 2 rings (SSSR count). The lowest BCUT2D eigenvalue weighted by Crippen LogP contribution is -2.44. The summed E-state index contributed by atoms with van der Waals surface area (Å²) in [6.07, 6.45) is 0.685. The van der Waals surface area contributed by atoms with Gasteiger partial charge in [-0.2, -0.15) is 0 Å². The molecule has 5 nitrogen and oxygen atoms in total. The van der Waals surface area contributed by atoms with Crippen LogP contribution in [0, 0.1) is 0 Å². The van der Waals surface area contributed by atoms with Gasteiger partial charge < -0.3 is 9.47 Å². The number of nitrogens with one attached hydrogen (secondary N) is 1. The van der Waals surface area contributed by atoms with Crippen LogP contribution in [0.15, 0.2) is 33.6 Å². The van der Waals surface area contributed by atoms with E-state index in [1.807, 2.05) is 0 Å². The minimum absolute atomic E-state index is 0.207. The highest BCUT2D eigenvalue weighted by atomic mass is 79.9. The van der Waals surface area contributed by atoms with Crippen molar-refractivity contribution in [2.24, 2.45) is 0 Å². The van der Waals surface area contributed by atoms with Gasteiger partial charge in [0.1, 0.15) is 5.60 Å². The van der Waals surface area contributed by atoms with Crippen LogP contribution in [-0.4, -0.2) is 40.9 Å². The topological polar surface area (TPSA) is 64.6 Å². The van der Waals surface area contributed by atoms with Gasteiger partial charge in [-0.15, -0.1) is 0 Å². The molecule has 1 aromatic rings. The van der Waals surface area contributed by atoms with Gasteiger partial charge in [0.25, 0.3) is 0 Å². The first kappa shape index (κ1) is 14.9. The van der Waals surface area contributed by atoms with Crippen LogP contribution in [0.1, 0.15) is 6.42 Å². The fourth-order valence-electron chi connectivity index (χ4n) is 1.91. The van der Waals surface area contributed by atoms with Crippen LogP contribution in [0.3, 0.4) is 0 Å². The Kier molecular flexibility index (Phi) is 4.62. The second kappa shape index (κ2) is 5.88. The van der Waals surface area contributed by atoms with Crippen LogP contribution in [0.5, 0.6) is 0 Å². The fraction of sp³-hybridized carbons (Fsp3) is 0.500. The first-order valence-corrected chi connectivity index (χ1v) is 8.13. The molecule has 0 aromatic heterocycles. The van der Waals surface area contributed by atoms with Crippen LogP contribution >= 0.6 is 15.9 Å². The molecule has 1 aliphatic heterocycles. The third-order valence-electron chi connectivity index (χ3n) is 3.19. The van der Waals surface area contributed by atoms with Crippen LogP contribution in [0.25, 0.3) is 0 Å². The SMILES string of the molecule is COC1(CNS(=O)(=O)c2cccc(Br)c2)CCOC1. The number of methoxy groups -OCH3 is 1. The number of hydrogen-bond donors (Lipinski definition) is 1. The van der Waals surface area contributed by atoms with E-state index in [-0.39, 0.29) is 11.4 Å². The van der Waals surface area contributed by atoms with Crippen molar-refractivity contribution >= 4 is 26.0 Å². The molecule has 0 saturated carbocycles. The Balaban J connectivity index is 2.09. The number of sulfonamides is 1. The predicted molar refractivity (Wildman–Crippen MR) is 74.5 cm³/mol. The maximum atomic E-state index is 12.2. The lowest BCUT2D eigenvalue weighted by Gasteiger charge is -2.25. The number of rotatable bonds is 5. The van der Waals surface area contributed by atoms with Crippen molar-refractivity contribution in [2.75, 3.05) is 26.9 Å². The molecule has 19 heavy (non-hydrogen) atoms. The molecular formula is C12H16BrNO4S. The zero-order valence-corrected chi connectivity index (χ0v) is 13.0. The van der Waals surface area contributed by atoms with Gasteiger partial charge in [-0.05, 0) is 18.2 Å². The molecule has 1 atom stereocenters. The highest BCUT2D eigenvalue weighted by Crippen LogP contribution is 2.23. The van der Waals surface area contributed by atoms with Gasteiger partial charge in [0.05, 0.1) is 11.5 Å². The van der Waals surface area contributed by atoms with E-state index < -0.39 is 15.6 Å². The van der Waals surface area contributed by atoms with Crippen LogP contribution in [-0.2, 0) is 19.5 Å². The summed E-state index contributed by atoms with van der Waals surface area (Å²) in [4.78, 5) is 0.229. The molecule has 0 amide bonds. The van der Waals surface area contributed by atoms with Crippen LogP contribution < -0.4 is 4.72 Å². The molecule has 106 valence electrons. The van der Waals surface area contributed by atoms with Crippen LogP contribution in [0.4, 0.5) is 0 Å². The third-order valence-corrected chi connectivity index (χ3v) is 5.08. The van der Waals surface area contributed by atoms with E-state index >= 15 is 0 Å². The molecule has 1 heterocycles. The number of hydrogen-bond acceptors (Lipinski definition) is 4. The second-order valence-corrected chi connectivity index (χ2v) is 7.15. The number of halogens is 1. The van der Waals surface area contributed by atoms with E-state index in [0.717, 1.165) is 4.47 Å². The second-order valence-electron chi connectivity index (χ2n) is 4.47. The van der Waals surface area contributed by atoms with E-state index in [4.69, 9.17) is 9.47 Å². The van der Waals surface area contributed by atoms with E-state index in [0.29, 0.717) is 19.6 Å². The Morgan fingerprint density at radius 2 is 2.32 bits per heavy atom. The van der Waals surface area contributed by atoms with Crippen LogP contribution in [0.2, 0.25) is 0 Å². The molecule has 1 unspecified atom stereocenters. The average Bonchev–Trinajstić information content (AvgIpc) is 2.86. The van der Waals surface area contributed by atoms with Crippen molar-refractivity contribution in [3.8, 4) is 0 Å². The Bertz CT molecular complexity index is 540. The summed E-state index contributed by atoms with van der Waals surface area (Å²) < 4.78 is 38.3. The molecule has 7 heteroatoms. The minimum Gasteiger partial charge on any atom is -0.378 e. The standard InChI is InChI=1S/C12H16BrNO4S/c1-17-12(5-6-18-9-12)8-14-19(15,16)11-4-2-3-10(13)7-11/h2-4,7,14H,5-6,8-9H2,1H3. The summed E-state index contributed by atoms with van der Waals surface area (Å²) >= 11 is 3.26. The first-order valence-electron chi connectivity index (χ1n) is 5.86. The van der Waals surface area contributed by atoms with Gasteiger partial charge in [-0.1, -0.05) is 22.0 Å². The number of ether oxygens (including phenoxy) is 2. The smallest absolute Gasteiger partial charge is 0.240 e. The summed E-state index contributed by atoms with van der Waals surface area (Å²) in [6.45, 7) is 1.20. The van der Waals surface area contributed by atoms with Gasteiger partial charge in [0.2, 0.25) is 10.0 Å². The molecule has 0 bridgehead atoms. The van der Waals surface area contributed by atoms with E-state index in [9.17, 15) is 8.42 Å². The van der Waals surface area contributed by atoms with Crippen molar-refractivity contribution < 1.29 is 17.9 Å². The highest BCUT2D eigenvalue weighted by Gasteiger charge is 2.36. The van der Waals surface area contributed by atoms with Gasteiger partial charge in [-0.25, -0.2) is 13.1 Å². The highest BCUT2D eigenvalue weighted by molar-refractivity contribution is 9.10. The van der Waals surface area contributed by atoms with Gasteiger partial charge in [-0.3, -0.25) is 0 Å². The van der Waals surface area contributed by atoms with Crippen molar-refractivity contribution in [3.63, 3.8) is 0 Å². The molecule has 1 N–H and O–H groups in total. The molecule has 0 radical (unpaired) electrons. The third kappa shape index (κ3) is 3.55. The fourth-order valence-corrected chi connectivity index (χ4v) is 3.62. The summed E-state index contributed by atoms with van der Waals surface area (Å²) in [5.41, 5.74) is -0.556. The molecule has 0 spiro atoms. The first-order chi connectivity index (χ1) is 8.97. The Morgan fingerprint density at radius 1 is 1.53 bits per heavy atom. The normalized spacial score (nSPS) is 23.7. The quantitative estimate of drug-likeness (QED) is 0.875. The zero-order valence-electron chi connectivity index (χ0n) is 10.6. The van der Waals surface area contributed by atoms with Crippen molar-refractivity contribution in [3.05, 3.63) is 28.7 Å². The van der Waals surface area contributed by atoms with E-state index in [1.165, 1.54) is 0 Å². The minimum atomic E-state index is -3.53. The Morgan fingerprint density at radius 3 is 2.89 bits per heavy atom. The molecular weight excluding hydrogens is 334 g/mol. The van der Waals surface area contributed by atoms with Crippen molar-refractivity contribution in [1.29, 1.82) is 0 Å². The summed E-state index contributed by atoms with van der Waals surface area (Å²) in [5.74, 6) is 0. The van der Waals surface area contributed by atoms with Crippen molar-refractivity contribution in [1.82, 2.24) is 4.72 Å². The molecule has 1 aromatic carbocycles. The Labute approximate surface area is 121 Å². The molecule has 0 aliphatic carbocycles.